The molecule has 0 fully saturated rings. The van der Waals surface area contributed by atoms with E-state index in [1.54, 1.807) is 0 Å². The predicted molar refractivity (Wildman–Crippen MR) is 54.1 cm³/mol. The highest BCUT2D eigenvalue weighted by molar-refractivity contribution is 6.16. The Kier molecular flexibility index (Phi) is 3.88. The van der Waals surface area contributed by atoms with Gasteiger partial charge in [-0.3, -0.25) is 0 Å². The van der Waals surface area contributed by atoms with Crippen molar-refractivity contribution >= 4 is 17.5 Å². The second-order valence-electron chi connectivity index (χ2n) is 3.23. The van der Waals surface area contributed by atoms with Gasteiger partial charge in [-0.15, -0.1) is 11.6 Å². The first-order valence-corrected chi connectivity index (χ1v) is 4.84. The van der Waals surface area contributed by atoms with Gasteiger partial charge in [-0.1, -0.05) is 13.8 Å². The largest absolute Gasteiger partial charge is 0.463 e. The molecule has 6 heteroatoms. The summed E-state index contributed by atoms with van der Waals surface area (Å²) in [6, 6.07) is 0.238. The number of alkyl halides is 1. The first-order chi connectivity index (χ1) is 6.61. The fourth-order valence-corrected chi connectivity index (χ4v) is 0.901. The average Bonchev–Trinajstić information content (AvgIpc) is 2.14. The molecule has 0 spiro atoms. The summed E-state index contributed by atoms with van der Waals surface area (Å²) in [7, 11) is 0. The SMILES string of the molecule is CC(C)COc1nc(N)nc(CCl)n1. The molecule has 1 rings (SSSR count). The van der Waals surface area contributed by atoms with Crippen LogP contribution < -0.4 is 10.5 Å². The molecular formula is C8H13ClN4O. The molecule has 1 heterocycles. The van der Waals surface area contributed by atoms with Gasteiger partial charge in [0.25, 0.3) is 0 Å². The Morgan fingerprint density at radius 3 is 2.64 bits per heavy atom. The zero-order chi connectivity index (χ0) is 10.6. The summed E-state index contributed by atoms with van der Waals surface area (Å²) in [6.07, 6.45) is 0. The van der Waals surface area contributed by atoms with E-state index in [9.17, 15) is 0 Å². The molecule has 14 heavy (non-hydrogen) atoms. The van der Waals surface area contributed by atoms with Crippen LogP contribution in [0.25, 0.3) is 0 Å². The predicted octanol–water partition coefficient (Wildman–Crippen LogP) is 1.23. The minimum atomic E-state index is 0.134. The van der Waals surface area contributed by atoms with Crippen LogP contribution in [0.2, 0.25) is 0 Å². The molecule has 78 valence electrons. The molecule has 0 saturated heterocycles. The highest BCUT2D eigenvalue weighted by atomic mass is 35.5. The summed E-state index contributed by atoms with van der Waals surface area (Å²) in [5.41, 5.74) is 5.44. The number of nitrogen functional groups attached to an aromatic ring is 1. The van der Waals surface area contributed by atoms with Gasteiger partial charge in [0.1, 0.15) is 0 Å². The Hall–Kier alpha value is -1.10. The van der Waals surface area contributed by atoms with Crippen LogP contribution in [0.1, 0.15) is 19.7 Å². The van der Waals surface area contributed by atoms with Crippen molar-refractivity contribution in [1.82, 2.24) is 15.0 Å². The van der Waals surface area contributed by atoms with E-state index in [2.05, 4.69) is 15.0 Å². The molecule has 0 unspecified atom stereocenters. The Morgan fingerprint density at radius 1 is 1.36 bits per heavy atom. The Labute approximate surface area is 87.7 Å². The highest BCUT2D eigenvalue weighted by Crippen LogP contribution is 2.08. The molecule has 0 aliphatic carbocycles. The van der Waals surface area contributed by atoms with Crippen molar-refractivity contribution in [3.63, 3.8) is 0 Å². The summed E-state index contributed by atoms with van der Waals surface area (Å²) in [5, 5.41) is 0. The standard InChI is InChI=1S/C8H13ClN4O/c1-5(2)4-14-8-12-6(3-9)11-7(10)13-8/h5H,3-4H2,1-2H3,(H2,10,11,12,13). The minimum Gasteiger partial charge on any atom is -0.463 e. The first kappa shape index (κ1) is 11.0. The van der Waals surface area contributed by atoms with Crippen molar-refractivity contribution in [3.05, 3.63) is 5.82 Å². The number of rotatable bonds is 4. The fourth-order valence-electron chi connectivity index (χ4n) is 0.781. The molecule has 5 nitrogen and oxygen atoms in total. The van der Waals surface area contributed by atoms with Gasteiger partial charge in [0.15, 0.2) is 5.82 Å². The molecule has 0 radical (unpaired) electrons. The van der Waals surface area contributed by atoms with Gasteiger partial charge in [-0.05, 0) is 5.92 Å². The summed E-state index contributed by atoms with van der Waals surface area (Å²) in [4.78, 5) is 11.6. The number of ether oxygens (including phenoxy) is 1. The van der Waals surface area contributed by atoms with E-state index >= 15 is 0 Å². The van der Waals surface area contributed by atoms with E-state index < -0.39 is 0 Å². The van der Waals surface area contributed by atoms with Gasteiger partial charge < -0.3 is 10.5 Å². The topological polar surface area (TPSA) is 73.9 Å². The Bertz CT molecular complexity index is 305. The maximum Gasteiger partial charge on any atom is 0.321 e. The first-order valence-electron chi connectivity index (χ1n) is 4.31. The second-order valence-corrected chi connectivity index (χ2v) is 3.50. The zero-order valence-electron chi connectivity index (χ0n) is 8.20. The summed E-state index contributed by atoms with van der Waals surface area (Å²) in [6.45, 7) is 4.62. The molecule has 0 aromatic carbocycles. The summed E-state index contributed by atoms with van der Waals surface area (Å²) < 4.78 is 5.29. The van der Waals surface area contributed by atoms with Gasteiger partial charge in [0.2, 0.25) is 5.95 Å². The zero-order valence-corrected chi connectivity index (χ0v) is 8.95. The lowest BCUT2D eigenvalue weighted by Crippen LogP contribution is -2.10. The minimum absolute atomic E-state index is 0.134. The smallest absolute Gasteiger partial charge is 0.321 e. The van der Waals surface area contributed by atoms with Crippen LogP contribution in [-0.4, -0.2) is 21.6 Å². The van der Waals surface area contributed by atoms with Gasteiger partial charge in [0, 0.05) is 0 Å². The van der Waals surface area contributed by atoms with Crippen LogP contribution in [0, 0.1) is 5.92 Å². The van der Waals surface area contributed by atoms with E-state index in [4.69, 9.17) is 22.1 Å². The number of nitrogens with zero attached hydrogens (tertiary/aromatic N) is 3. The molecule has 0 atom stereocenters. The molecule has 0 bridgehead atoms. The quantitative estimate of drug-likeness (QED) is 0.767. The van der Waals surface area contributed by atoms with Crippen molar-refractivity contribution < 1.29 is 4.74 Å². The third kappa shape index (κ3) is 3.33. The number of nitrogens with two attached hydrogens (primary N) is 1. The van der Waals surface area contributed by atoms with E-state index in [1.165, 1.54) is 0 Å². The maximum atomic E-state index is 5.57. The van der Waals surface area contributed by atoms with Gasteiger partial charge in [-0.2, -0.15) is 15.0 Å². The monoisotopic (exact) mass is 216 g/mol. The van der Waals surface area contributed by atoms with Crippen LogP contribution in [0.4, 0.5) is 5.95 Å². The van der Waals surface area contributed by atoms with E-state index in [0.717, 1.165) is 0 Å². The van der Waals surface area contributed by atoms with Crippen LogP contribution in [0.5, 0.6) is 6.01 Å². The Morgan fingerprint density at radius 2 is 2.07 bits per heavy atom. The third-order valence-electron chi connectivity index (χ3n) is 1.34. The maximum absolute atomic E-state index is 5.57. The van der Waals surface area contributed by atoms with Crippen molar-refractivity contribution in [2.75, 3.05) is 12.3 Å². The lowest BCUT2D eigenvalue weighted by molar-refractivity contribution is 0.250. The van der Waals surface area contributed by atoms with Crippen LogP contribution in [0.15, 0.2) is 0 Å². The molecule has 1 aromatic heterocycles. The molecule has 0 aliphatic rings. The third-order valence-corrected chi connectivity index (χ3v) is 1.58. The van der Waals surface area contributed by atoms with Gasteiger partial charge in [-0.25, -0.2) is 0 Å². The number of anilines is 1. The molecule has 0 saturated carbocycles. The number of hydrogen-bond acceptors (Lipinski definition) is 5. The molecule has 0 amide bonds. The van der Waals surface area contributed by atoms with E-state index in [1.807, 2.05) is 13.8 Å². The average molecular weight is 217 g/mol. The molecule has 1 aromatic rings. The van der Waals surface area contributed by atoms with Crippen LogP contribution >= 0.6 is 11.6 Å². The van der Waals surface area contributed by atoms with Crippen molar-refractivity contribution in [3.8, 4) is 6.01 Å². The normalized spacial score (nSPS) is 10.6. The van der Waals surface area contributed by atoms with Crippen molar-refractivity contribution in [2.24, 2.45) is 5.92 Å². The highest BCUT2D eigenvalue weighted by Gasteiger charge is 2.05. The number of halogens is 1. The van der Waals surface area contributed by atoms with Gasteiger partial charge >= 0.3 is 6.01 Å². The van der Waals surface area contributed by atoms with E-state index in [0.29, 0.717) is 18.3 Å². The lowest BCUT2D eigenvalue weighted by atomic mass is 10.2. The fraction of sp³-hybridized carbons (Fsp3) is 0.625. The van der Waals surface area contributed by atoms with E-state index in [-0.39, 0.29) is 17.8 Å². The van der Waals surface area contributed by atoms with Crippen LogP contribution in [0.3, 0.4) is 0 Å². The summed E-state index contributed by atoms with van der Waals surface area (Å²) >= 11 is 5.57. The molecule has 0 aliphatic heterocycles. The Balaban J connectivity index is 2.71. The molecular weight excluding hydrogens is 204 g/mol. The second kappa shape index (κ2) is 4.95. The van der Waals surface area contributed by atoms with Gasteiger partial charge in [0.05, 0.1) is 12.5 Å². The number of hydrogen-bond donors (Lipinski definition) is 1. The lowest BCUT2D eigenvalue weighted by Gasteiger charge is -2.07. The number of aromatic nitrogens is 3. The molecule has 2 N–H and O–H groups in total. The van der Waals surface area contributed by atoms with Crippen molar-refractivity contribution in [1.29, 1.82) is 0 Å². The van der Waals surface area contributed by atoms with Crippen LogP contribution in [-0.2, 0) is 5.88 Å². The van der Waals surface area contributed by atoms with Crippen molar-refractivity contribution in [2.45, 2.75) is 19.7 Å². The summed E-state index contributed by atoms with van der Waals surface area (Å²) in [5.74, 6) is 1.17.